The van der Waals surface area contributed by atoms with Gasteiger partial charge in [-0.1, -0.05) is 11.6 Å². The summed E-state index contributed by atoms with van der Waals surface area (Å²) in [6.45, 7) is 0.354. The quantitative estimate of drug-likeness (QED) is 0.757. The van der Waals surface area contributed by atoms with E-state index in [1.807, 2.05) is 5.38 Å². The molecule has 1 atom stereocenters. The fourth-order valence-corrected chi connectivity index (χ4v) is 5.42. The molecule has 0 spiro atoms. The number of thiazole rings is 1. The van der Waals surface area contributed by atoms with E-state index in [-0.39, 0.29) is 4.90 Å². The van der Waals surface area contributed by atoms with Crippen LogP contribution < -0.4 is 0 Å². The summed E-state index contributed by atoms with van der Waals surface area (Å²) in [6, 6.07) is 5.76. The lowest BCUT2D eigenvalue weighted by atomic mass is 10.0. The number of rotatable bonds is 3. The highest BCUT2D eigenvalue weighted by molar-refractivity contribution is 7.89. The Morgan fingerprint density at radius 1 is 1.29 bits per heavy atom. The van der Waals surface area contributed by atoms with Gasteiger partial charge in [-0.25, -0.2) is 13.4 Å². The van der Waals surface area contributed by atoms with Gasteiger partial charge in [0.15, 0.2) is 0 Å². The number of halogens is 1. The molecule has 1 N–H and O–H groups in total. The topological polar surface area (TPSA) is 79.0 Å². The molecular weight excluding hydrogens is 368 g/mol. The first-order valence-corrected chi connectivity index (χ1v) is 9.96. The molecule has 2 aromatic heterocycles. The van der Waals surface area contributed by atoms with Crippen molar-refractivity contribution in [2.75, 3.05) is 6.54 Å². The Bertz CT molecular complexity index is 952. The van der Waals surface area contributed by atoms with Gasteiger partial charge >= 0.3 is 0 Å². The summed E-state index contributed by atoms with van der Waals surface area (Å²) in [7, 11) is -3.67. The maximum atomic E-state index is 13.2. The molecule has 1 unspecified atom stereocenters. The van der Waals surface area contributed by atoms with E-state index in [2.05, 4.69) is 15.2 Å². The second kappa shape index (κ2) is 5.96. The minimum absolute atomic E-state index is 0.223. The lowest BCUT2D eigenvalue weighted by molar-refractivity contribution is 0.342. The molecule has 0 saturated heterocycles. The first-order chi connectivity index (χ1) is 11.6. The van der Waals surface area contributed by atoms with E-state index < -0.39 is 16.1 Å². The number of hydrogen-bond acceptors (Lipinski definition) is 5. The highest BCUT2D eigenvalue weighted by Gasteiger charge is 2.39. The lowest BCUT2D eigenvalue weighted by Gasteiger charge is -2.33. The number of aromatic amines is 1. The van der Waals surface area contributed by atoms with Crippen LogP contribution in [0.15, 0.2) is 46.9 Å². The molecule has 9 heteroatoms. The van der Waals surface area contributed by atoms with Crippen LogP contribution in [0.25, 0.3) is 0 Å². The van der Waals surface area contributed by atoms with E-state index in [1.165, 1.54) is 27.8 Å². The molecule has 4 rings (SSSR count). The van der Waals surface area contributed by atoms with Gasteiger partial charge in [-0.15, -0.1) is 11.3 Å². The minimum Gasteiger partial charge on any atom is -0.285 e. The third-order valence-electron chi connectivity index (χ3n) is 4.01. The second-order valence-electron chi connectivity index (χ2n) is 5.38. The number of fused-ring (bicyclic) bond motifs is 1. The molecule has 0 radical (unpaired) electrons. The van der Waals surface area contributed by atoms with Crippen molar-refractivity contribution in [3.05, 3.63) is 63.3 Å². The van der Waals surface area contributed by atoms with Crippen LogP contribution >= 0.6 is 22.9 Å². The first kappa shape index (κ1) is 15.8. The molecule has 124 valence electrons. The SMILES string of the molecule is O=S(=O)(c1ccc(Cl)cc1)N1CCc2n[nH]cc2C1c1nccs1. The first-order valence-electron chi connectivity index (χ1n) is 7.27. The zero-order valence-corrected chi connectivity index (χ0v) is 14.8. The molecule has 0 fully saturated rings. The van der Waals surface area contributed by atoms with E-state index in [0.29, 0.717) is 18.0 Å². The van der Waals surface area contributed by atoms with Crippen molar-refractivity contribution in [3.63, 3.8) is 0 Å². The molecule has 0 amide bonds. The van der Waals surface area contributed by atoms with Gasteiger partial charge in [-0.3, -0.25) is 5.10 Å². The monoisotopic (exact) mass is 380 g/mol. The molecule has 1 aromatic carbocycles. The van der Waals surface area contributed by atoms with E-state index in [1.54, 1.807) is 24.5 Å². The van der Waals surface area contributed by atoms with E-state index in [0.717, 1.165) is 16.3 Å². The number of benzene rings is 1. The highest BCUT2D eigenvalue weighted by atomic mass is 35.5. The number of hydrogen-bond donors (Lipinski definition) is 1. The summed E-state index contributed by atoms with van der Waals surface area (Å²) < 4.78 is 27.8. The van der Waals surface area contributed by atoms with Crippen molar-refractivity contribution in [2.45, 2.75) is 17.4 Å². The number of sulfonamides is 1. The average molecular weight is 381 g/mol. The highest BCUT2D eigenvalue weighted by Crippen LogP contribution is 2.38. The average Bonchev–Trinajstić information content (AvgIpc) is 3.25. The van der Waals surface area contributed by atoms with Gasteiger partial charge in [0, 0.05) is 41.3 Å². The summed E-state index contributed by atoms with van der Waals surface area (Å²) in [4.78, 5) is 4.56. The fourth-order valence-electron chi connectivity index (χ4n) is 2.89. The van der Waals surface area contributed by atoms with Crippen molar-refractivity contribution < 1.29 is 8.42 Å². The number of nitrogens with one attached hydrogen (secondary N) is 1. The zero-order chi connectivity index (χ0) is 16.7. The Labute approximate surface area is 148 Å². The van der Waals surface area contributed by atoms with Crippen molar-refractivity contribution in [1.82, 2.24) is 19.5 Å². The predicted octanol–water partition coefficient (Wildman–Crippen LogP) is 2.86. The molecule has 3 heterocycles. The van der Waals surface area contributed by atoms with E-state index >= 15 is 0 Å². The molecule has 1 aliphatic rings. The van der Waals surface area contributed by atoms with Gasteiger partial charge < -0.3 is 0 Å². The molecule has 0 bridgehead atoms. The number of nitrogens with zero attached hydrogens (tertiary/aromatic N) is 3. The summed E-state index contributed by atoms with van der Waals surface area (Å²) >= 11 is 7.31. The van der Waals surface area contributed by atoms with Crippen molar-refractivity contribution >= 4 is 33.0 Å². The van der Waals surface area contributed by atoms with Gasteiger partial charge in [-0.2, -0.15) is 9.40 Å². The Morgan fingerprint density at radius 3 is 2.79 bits per heavy atom. The van der Waals surface area contributed by atoms with Crippen LogP contribution in [-0.4, -0.2) is 34.4 Å². The summed E-state index contributed by atoms with van der Waals surface area (Å²) in [5, 5.41) is 10.1. The molecule has 24 heavy (non-hydrogen) atoms. The standard InChI is InChI=1S/C15H13ClN4O2S2/c16-10-1-3-11(4-2-10)24(21,22)20-7-5-13-12(9-18-19-13)14(20)15-17-6-8-23-15/h1-4,6,8-9,14H,5,7H2,(H,18,19). The second-order valence-corrected chi connectivity index (χ2v) is 8.63. The van der Waals surface area contributed by atoms with Crippen LogP contribution in [0.5, 0.6) is 0 Å². The third kappa shape index (κ3) is 2.55. The van der Waals surface area contributed by atoms with E-state index in [4.69, 9.17) is 11.6 Å². The Kier molecular flexibility index (Phi) is 3.92. The van der Waals surface area contributed by atoms with Crippen molar-refractivity contribution in [2.24, 2.45) is 0 Å². The summed E-state index contributed by atoms with van der Waals surface area (Å²) in [5.74, 6) is 0. The largest absolute Gasteiger partial charge is 0.285 e. The number of H-pyrrole nitrogens is 1. The summed E-state index contributed by atoms with van der Waals surface area (Å²) in [5.41, 5.74) is 1.74. The van der Waals surface area contributed by atoms with Crippen LogP contribution in [0.1, 0.15) is 22.3 Å². The van der Waals surface area contributed by atoms with Crippen LogP contribution in [0.3, 0.4) is 0 Å². The zero-order valence-electron chi connectivity index (χ0n) is 12.4. The van der Waals surface area contributed by atoms with Crippen LogP contribution in [0, 0.1) is 0 Å². The lowest BCUT2D eigenvalue weighted by Crippen LogP contribution is -2.40. The molecule has 0 aliphatic carbocycles. The maximum Gasteiger partial charge on any atom is 0.244 e. The fraction of sp³-hybridized carbons (Fsp3) is 0.200. The molecule has 0 saturated carbocycles. The van der Waals surface area contributed by atoms with Gasteiger partial charge in [0.1, 0.15) is 11.0 Å². The van der Waals surface area contributed by atoms with Gasteiger partial charge in [0.05, 0.1) is 10.6 Å². The summed E-state index contributed by atoms with van der Waals surface area (Å²) in [6.07, 6.45) is 4.00. The minimum atomic E-state index is -3.67. The van der Waals surface area contributed by atoms with E-state index in [9.17, 15) is 8.42 Å². The molecule has 1 aliphatic heterocycles. The normalized spacial score (nSPS) is 18.5. The Balaban J connectivity index is 1.83. The van der Waals surface area contributed by atoms with Gasteiger partial charge in [0.25, 0.3) is 0 Å². The molecule has 3 aromatic rings. The smallest absolute Gasteiger partial charge is 0.244 e. The van der Waals surface area contributed by atoms with Gasteiger partial charge in [-0.05, 0) is 24.3 Å². The maximum absolute atomic E-state index is 13.2. The van der Waals surface area contributed by atoms with Crippen molar-refractivity contribution in [1.29, 1.82) is 0 Å². The Morgan fingerprint density at radius 2 is 2.08 bits per heavy atom. The Hall–Kier alpha value is -1.74. The number of aromatic nitrogens is 3. The predicted molar refractivity (Wildman–Crippen MR) is 91.6 cm³/mol. The van der Waals surface area contributed by atoms with Gasteiger partial charge in [0.2, 0.25) is 10.0 Å². The van der Waals surface area contributed by atoms with Crippen LogP contribution in [0.4, 0.5) is 0 Å². The molecule has 6 nitrogen and oxygen atoms in total. The third-order valence-corrected chi connectivity index (χ3v) is 6.97. The molecular formula is C15H13ClN4O2S2. The van der Waals surface area contributed by atoms with Crippen LogP contribution in [0.2, 0.25) is 5.02 Å². The van der Waals surface area contributed by atoms with Crippen molar-refractivity contribution in [3.8, 4) is 0 Å². The van der Waals surface area contributed by atoms with Crippen LogP contribution in [-0.2, 0) is 16.4 Å².